The van der Waals surface area contributed by atoms with E-state index in [2.05, 4.69) is 15.5 Å². The number of piperidine rings is 1. The van der Waals surface area contributed by atoms with Crippen LogP contribution in [0.4, 0.5) is 4.39 Å². The Morgan fingerprint density at radius 2 is 2.19 bits per heavy atom. The third-order valence-electron chi connectivity index (χ3n) is 3.97. The van der Waals surface area contributed by atoms with Gasteiger partial charge in [0.2, 0.25) is 5.91 Å². The van der Waals surface area contributed by atoms with E-state index in [0.717, 1.165) is 25.9 Å². The van der Waals surface area contributed by atoms with Crippen LogP contribution in [0.3, 0.4) is 0 Å². The summed E-state index contributed by atoms with van der Waals surface area (Å²) < 4.78 is 13.5. The van der Waals surface area contributed by atoms with Crippen LogP contribution in [0.2, 0.25) is 0 Å². The second kappa shape index (κ2) is 8.10. The van der Waals surface area contributed by atoms with Crippen molar-refractivity contribution in [2.75, 3.05) is 26.7 Å². The summed E-state index contributed by atoms with van der Waals surface area (Å²) in [4.78, 5) is 14.3. The highest BCUT2D eigenvalue weighted by Crippen LogP contribution is 2.16. The van der Waals surface area contributed by atoms with Crippen LogP contribution in [0.1, 0.15) is 24.8 Å². The fourth-order valence-electron chi connectivity index (χ4n) is 2.81. The number of amides is 1. The van der Waals surface area contributed by atoms with Crippen molar-refractivity contribution in [1.82, 2.24) is 15.5 Å². The molecule has 0 saturated carbocycles. The Labute approximate surface area is 125 Å². The van der Waals surface area contributed by atoms with Crippen LogP contribution in [-0.4, -0.2) is 43.5 Å². The molecule has 1 aliphatic heterocycles. The highest BCUT2D eigenvalue weighted by atomic mass is 19.1. The Bertz CT molecular complexity index is 465. The van der Waals surface area contributed by atoms with Gasteiger partial charge in [0.05, 0.1) is 6.54 Å². The molecule has 0 radical (unpaired) electrons. The average Bonchev–Trinajstić information content (AvgIpc) is 2.49. The van der Waals surface area contributed by atoms with E-state index in [1.165, 1.54) is 12.5 Å². The van der Waals surface area contributed by atoms with Crippen LogP contribution in [0.5, 0.6) is 0 Å². The zero-order valence-electron chi connectivity index (χ0n) is 12.6. The van der Waals surface area contributed by atoms with Crippen LogP contribution in [-0.2, 0) is 11.3 Å². The van der Waals surface area contributed by atoms with Crippen molar-refractivity contribution in [2.45, 2.75) is 31.8 Å². The van der Waals surface area contributed by atoms with Crippen molar-refractivity contribution >= 4 is 5.91 Å². The zero-order chi connectivity index (χ0) is 15.1. The number of nitrogens with one attached hydrogen (secondary N) is 2. The Hall–Kier alpha value is -1.46. The number of hydrogen-bond acceptors (Lipinski definition) is 3. The lowest BCUT2D eigenvalue weighted by molar-refractivity contribution is -0.123. The van der Waals surface area contributed by atoms with Crippen LogP contribution in [0.25, 0.3) is 0 Å². The predicted molar refractivity (Wildman–Crippen MR) is 81.4 cm³/mol. The molecule has 1 aliphatic rings. The summed E-state index contributed by atoms with van der Waals surface area (Å²) in [6.45, 7) is 2.50. The second-order valence-electron chi connectivity index (χ2n) is 5.55. The molecule has 1 amide bonds. The first kappa shape index (κ1) is 15.9. The number of carbonyl (C=O) groups is 1. The van der Waals surface area contributed by atoms with Crippen molar-refractivity contribution < 1.29 is 9.18 Å². The minimum atomic E-state index is -0.274. The van der Waals surface area contributed by atoms with E-state index in [9.17, 15) is 9.18 Å². The maximum absolute atomic E-state index is 13.5. The van der Waals surface area contributed by atoms with Crippen molar-refractivity contribution in [3.8, 4) is 0 Å². The molecule has 0 bridgehead atoms. The summed E-state index contributed by atoms with van der Waals surface area (Å²) in [5, 5.41) is 5.99. The van der Waals surface area contributed by atoms with E-state index in [1.807, 2.05) is 7.05 Å². The summed E-state index contributed by atoms with van der Waals surface area (Å²) in [6.07, 6.45) is 3.49. The second-order valence-corrected chi connectivity index (χ2v) is 5.55. The highest BCUT2D eigenvalue weighted by Gasteiger charge is 2.23. The molecule has 1 unspecified atom stereocenters. The number of halogens is 1. The fourth-order valence-corrected chi connectivity index (χ4v) is 2.81. The predicted octanol–water partition coefficient (Wildman–Crippen LogP) is 1.52. The van der Waals surface area contributed by atoms with Gasteiger partial charge in [-0.15, -0.1) is 0 Å². The maximum atomic E-state index is 13.5. The SMILES string of the molecule is CNCC1CCCCN1CC(=O)NCc1ccccc1F. The number of benzene rings is 1. The fraction of sp³-hybridized carbons (Fsp3) is 0.562. The quantitative estimate of drug-likeness (QED) is 0.836. The standard InChI is InChI=1S/C16H24FN3O/c1-18-11-14-7-4-5-9-20(14)12-16(21)19-10-13-6-2-3-8-15(13)17/h2-3,6,8,14,18H,4-5,7,9-12H2,1H3,(H,19,21). The third-order valence-corrected chi connectivity index (χ3v) is 3.97. The maximum Gasteiger partial charge on any atom is 0.234 e. The van der Waals surface area contributed by atoms with Crippen LogP contribution < -0.4 is 10.6 Å². The van der Waals surface area contributed by atoms with Gasteiger partial charge in [-0.1, -0.05) is 24.6 Å². The van der Waals surface area contributed by atoms with E-state index in [4.69, 9.17) is 0 Å². The Morgan fingerprint density at radius 1 is 1.38 bits per heavy atom. The van der Waals surface area contributed by atoms with E-state index >= 15 is 0 Å². The molecule has 21 heavy (non-hydrogen) atoms. The smallest absolute Gasteiger partial charge is 0.234 e. The molecule has 1 saturated heterocycles. The van der Waals surface area contributed by atoms with E-state index in [0.29, 0.717) is 18.2 Å². The van der Waals surface area contributed by atoms with E-state index in [-0.39, 0.29) is 18.3 Å². The van der Waals surface area contributed by atoms with Gasteiger partial charge in [0, 0.05) is 24.7 Å². The zero-order valence-corrected chi connectivity index (χ0v) is 12.6. The largest absolute Gasteiger partial charge is 0.351 e. The molecule has 0 spiro atoms. The molecule has 1 heterocycles. The molecular weight excluding hydrogens is 269 g/mol. The van der Waals surface area contributed by atoms with Crippen LogP contribution >= 0.6 is 0 Å². The Balaban J connectivity index is 1.82. The number of likely N-dealkylation sites (N-methyl/N-ethyl adjacent to an activating group) is 1. The van der Waals surface area contributed by atoms with Crippen molar-refractivity contribution in [2.24, 2.45) is 0 Å². The average molecular weight is 293 g/mol. The number of nitrogens with zero attached hydrogens (tertiary/aromatic N) is 1. The number of likely N-dealkylation sites (tertiary alicyclic amines) is 1. The molecule has 0 aromatic heterocycles. The minimum absolute atomic E-state index is 0.0405. The number of carbonyl (C=O) groups excluding carboxylic acids is 1. The topological polar surface area (TPSA) is 44.4 Å². The van der Waals surface area contributed by atoms with Crippen molar-refractivity contribution in [3.05, 3.63) is 35.6 Å². The molecule has 2 N–H and O–H groups in total. The number of rotatable bonds is 6. The molecule has 5 heteroatoms. The van der Waals surface area contributed by atoms with Gasteiger partial charge in [0.25, 0.3) is 0 Å². The third kappa shape index (κ3) is 4.79. The van der Waals surface area contributed by atoms with E-state index < -0.39 is 0 Å². The summed E-state index contributed by atoms with van der Waals surface area (Å²) in [7, 11) is 1.94. The summed E-state index contributed by atoms with van der Waals surface area (Å²) in [5.41, 5.74) is 0.524. The Morgan fingerprint density at radius 3 is 2.95 bits per heavy atom. The summed E-state index contributed by atoms with van der Waals surface area (Å²) in [6, 6.07) is 6.95. The first-order chi connectivity index (χ1) is 10.2. The van der Waals surface area contributed by atoms with Gasteiger partial charge in [-0.3, -0.25) is 9.69 Å². The summed E-state index contributed by atoms with van der Waals surface area (Å²) >= 11 is 0. The van der Waals surface area contributed by atoms with Gasteiger partial charge < -0.3 is 10.6 Å². The normalized spacial score (nSPS) is 19.4. The first-order valence-electron chi connectivity index (χ1n) is 7.59. The molecule has 1 aromatic carbocycles. The number of hydrogen-bond donors (Lipinski definition) is 2. The Kier molecular flexibility index (Phi) is 6.14. The van der Waals surface area contributed by atoms with E-state index in [1.54, 1.807) is 18.2 Å². The molecule has 1 aromatic rings. The molecule has 2 rings (SSSR count). The molecule has 4 nitrogen and oxygen atoms in total. The van der Waals surface area contributed by atoms with Gasteiger partial charge in [0.15, 0.2) is 0 Å². The summed E-state index contributed by atoms with van der Waals surface area (Å²) in [5.74, 6) is -0.315. The van der Waals surface area contributed by atoms with Gasteiger partial charge in [-0.2, -0.15) is 0 Å². The molecule has 0 aliphatic carbocycles. The van der Waals surface area contributed by atoms with Crippen LogP contribution in [0, 0.1) is 5.82 Å². The minimum Gasteiger partial charge on any atom is -0.351 e. The first-order valence-corrected chi connectivity index (χ1v) is 7.59. The lowest BCUT2D eigenvalue weighted by Gasteiger charge is -2.35. The van der Waals surface area contributed by atoms with Gasteiger partial charge in [-0.05, 0) is 32.5 Å². The van der Waals surface area contributed by atoms with Gasteiger partial charge >= 0.3 is 0 Å². The van der Waals surface area contributed by atoms with Crippen LogP contribution in [0.15, 0.2) is 24.3 Å². The lowest BCUT2D eigenvalue weighted by atomic mass is 10.0. The monoisotopic (exact) mass is 293 g/mol. The van der Waals surface area contributed by atoms with Gasteiger partial charge in [-0.25, -0.2) is 4.39 Å². The highest BCUT2D eigenvalue weighted by molar-refractivity contribution is 5.78. The lowest BCUT2D eigenvalue weighted by Crippen LogP contribution is -2.48. The van der Waals surface area contributed by atoms with Crippen molar-refractivity contribution in [1.29, 1.82) is 0 Å². The molecular formula is C16H24FN3O. The molecule has 1 atom stereocenters. The van der Waals surface area contributed by atoms with Gasteiger partial charge in [0.1, 0.15) is 5.82 Å². The van der Waals surface area contributed by atoms with Crippen molar-refractivity contribution in [3.63, 3.8) is 0 Å². The molecule has 1 fully saturated rings. The molecule has 116 valence electrons.